The van der Waals surface area contributed by atoms with E-state index in [1.165, 1.54) is 21.7 Å². The predicted octanol–water partition coefficient (Wildman–Crippen LogP) is 4.77. The normalized spacial score (nSPS) is 15.6. The molecule has 32 heavy (non-hydrogen) atoms. The van der Waals surface area contributed by atoms with Crippen LogP contribution in [0.4, 0.5) is 5.69 Å². The van der Waals surface area contributed by atoms with Crippen LogP contribution in [0.2, 0.25) is 0 Å². The molecular formula is C26H28N2O3S. The second kappa shape index (κ2) is 9.17. The first-order valence-electron chi connectivity index (χ1n) is 10.8. The molecule has 6 heteroatoms. The number of carbonyl (C=O) groups excluding carboxylic acids is 1. The van der Waals surface area contributed by atoms with E-state index in [2.05, 4.69) is 17.4 Å². The second-order valence-corrected chi connectivity index (χ2v) is 10.3. The topological polar surface area (TPSA) is 66.5 Å². The van der Waals surface area contributed by atoms with Crippen molar-refractivity contribution >= 4 is 21.6 Å². The van der Waals surface area contributed by atoms with Gasteiger partial charge in [-0.05, 0) is 72.7 Å². The van der Waals surface area contributed by atoms with Crippen LogP contribution in [-0.2, 0) is 23.0 Å². The van der Waals surface area contributed by atoms with E-state index in [-0.39, 0.29) is 18.5 Å². The molecule has 3 aromatic carbocycles. The highest BCUT2D eigenvalue weighted by molar-refractivity contribution is 7.92. The van der Waals surface area contributed by atoms with Gasteiger partial charge in [-0.25, -0.2) is 8.42 Å². The second-order valence-electron chi connectivity index (χ2n) is 8.36. The average Bonchev–Trinajstić information content (AvgIpc) is 2.78. The Balaban J connectivity index is 1.52. The van der Waals surface area contributed by atoms with Gasteiger partial charge in [0.25, 0.3) is 5.91 Å². The van der Waals surface area contributed by atoms with Crippen molar-refractivity contribution in [3.8, 4) is 0 Å². The summed E-state index contributed by atoms with van der Waals surface area (Å²) in [6.07, 6.45) is 4.20. The number of hydrogen-bond donors (Lipinski definition) is 1. The van der Waals surface area contributed by atoms with Crippen molar-refractivity contribution in [2.45, 2.75) is 38.8 Å². The first kappa shape index (κ1) is 22.1. The number of amides is 1. The van der Waals surface area contributed by atoms with E-state index in [0.29, 0.717) is 11.3 Å². The molecule has 0 radical (unpaired) electrons. The molecule has 166 valence electrons. The Morgan fingerprint density at radius 1 is 1.00 bits per heavy atom. The predicted molar refractivity (Wildman–Crippen MR) is 128 cm³/mol. The summed E-state index contributed by atoms with van der Waals surface area (Å²) in [5, 5.41) is 3.15. The zero-order chi connectivity index (χ0) is 22.7. The zero-order valence-corrected chi connectivity index (χ0v) is 19.2. The number of sulfonamides is 1. The molecule has 0 aromatic heterocycles. The van der Waals surface area contributed by atoms with Crippen molar-refractivity contribution in [3.63, 3.8) is 0 Å². The summed E-state index contributed by atoms with van der Waals surface area (Å²) < 4.78 is 26.4. The number of nitrogens with zero attached hydrogens (tertiary/aromatic N) is 1. The average molecular weight is 449 g/mol. The highest BCUT2D eigenvalue weighted by Gasteiger charge is 2.23. The van der Waals surface area contributed by atoms with Crippen LogP contribution in [0.25, 0.3) is 0 Å². The van der Waals surface area contributed by atoms with Gasteiger partial charge in [0.05, 0.1) is 24.5 Å². The van der Waals surface area contributed by atoms with E-state index in [1.54, 1.807) is 24.3 Å². The molecule has 1 aliphatic rings. The maximum atomic E-state index is 12.9. The summed E-state index contributed by atoms with van der Waals surface area (Å²) in [5.74, 6) is -0.150. The fraction of sp³-hybridized carbons (Fsp3) is 0.269. The Morgan fingerprint density at radius 3 is 2.41 bits per heavy atom. The lowest BCUT2D eigenvalue weighted by Gasteiger charge is -2.26. The van der Waals surface area contributed by atoms with E-state index in [0.717, 1.165) is 30.4 Å². The van der Waals surface area contributed by atoms with Gasteiger partial charge >= 0.3 is 0 Å². The molecule has 0 aliphatic heterocycles. The lowest BCUT2D eigenvalue weighted by Crippen LogP contribution is -2.31. The van der Waals surface area contributed by atoms with Gasteiger partial charge in [0.2, 0.25) is 10.0 Å². The highest BCUT2D eigenvalue weighted by atomic mass is 32.2. The summed E-state index contributed by atoms with van der Waals surface area (Å²) in [5.41, 5.74) is 5.50. The van der Waals surface area contributed by atoms with Crippen LogP contribution < -0.4 is 9.62 Å². The van der Waals surface area contributed by atoms with Crippen LogP contribution in [0.5, 0.6) is 0 Å². The lowest BCUT2D eigenvalue weighted by atomic mass is 9.87. The quantitative estimate of drug-likeness (QED) is 0.591. The van der Waals surface area contributed by atoms with Crippen LogP contribution in [0, 0.1) is 6.92 Å². The standard InChI is InChI=1S/C26H28N2O3S/c1-19-8-3-4-10-22(19)18-28(32(2,30)31)23-16-14-21(15-17-23)26(29)27-25-13-7-11-20-9-5-6-12-24(20)25/h3-6,8-10,12,14-17,25H,7,11,13,18H2,1-2H3,(H,27,29)/t25-/m0/s1. The van der Waals surface area contributed by atoms with E-state index >= 15 is 0 Å². The molecule has 4 rings (SSSR count). The minimum Gasteiger partial charge on any atom is -0.345 e. The van der Waals surface area contributed by atoms with Crippen molar-refractivity contribution in [3.05, 3.63) is 101 Å². The summed E-state index contributed by atoms with van der Waals surface area (Å²) in [4.78, 5) is 12.9. The van der Waals surface area contributed by atoms with Crippen molar-refractivity contribution in [2.75, 3.05) is 10.6 Å². The number of rotatable bonds is 6. The Hall–Kier alpha value is -3.12. The molecule has 5 nitrogen and oxygen atoms in total. The molecule has 1 atom stereocenters. The smallest absolute Gasteiger partial charge is 0.251 e. The van der Waals surface area contributed by atoms with Crippen molar-refractivity contribution in [1.29, 1.82) is 0 Å². The fourth-order valence-corrected chi connectivity index (χ4v) is 5.15. The monoisotopic (exact) mass is 448 g/mol. The maximum absolute atomic E-state index is 12.9. The molecule has 3 aromatic rings. The van der Waals surface area contributed by atoms with Gasteiger partial charge < -0.3 is 5.32 Å². The summed E-state index contributed by atoms with van der Waals surface area (Å²) in [7, 11) is -3.49. The van der Waals surface area contributed by atoms with Crippen LogP contribution in [0.1, 0.15) is 51.5 Å². The van der Waals surface area contributed by atoms with Crippen LogP contribution in [0.3, 0.4) is 0 Å². The summed E-state index contributed by atoms with van der Waals surface area (Å²) >= 11 is 0. The van der Waals surface area contributed by atoms with Gasteiger partial charge in [0.15, 0.2) is 0 Å². The molecule has 1 N–H and O–H groups in total. The number of aryl methyl sites for hydroxylation is 2. The van der Waals surface area contributed by atoms with Crippen molar-refractivity contribution < 1.29 is 13.2 Å². The molecule has 0 saturated heterocycles. The third-order valence-electron chi connectivity index (χ3n) is 6.07. The van der Waals surface area contributed by atoms with Gasteiger partial charge in [-0.2, -0.15) is 0 Å². The molecule has 1 aliphatic carbocycles. The maximum Gasteiger partial charge on any atom is 0.251 e. The van der Waals surface area contributed by atoms with Gasteiger partial charge in [-0.15, -0.1) is 0 Å². The van der Waals surface area contributed by atoms with Gasteiger partial charge in [0, 0.05) is 5.56 Å². The summed E-state index contributed by atoms with van der Waals surface area (Å²) in [6.45, 7) is 2.21. The Bertz CT molecular complexity index is 1220. The van der Waals surface area contributed by atoms with Gasteiger partial charge in [-0.3, -0.25) is 9.10 Å². The number of fused-ring (bicyclic) bond motifs is 1. The van der Waals surface area contributed by atoms with E-state index < -0.39 is 10.0 Å². The van der Waals surface area contributed by atoms with E-state index in [4.69, 9.17) is 0 Å². The largest absolute Gasteiger partial charge is 0.345 e. The van der Waals surface area contributed by atoms with Crippen LogP contribution in [0.15, 0.2) is 72.8 Å². The third-order valence-corrected chi connectivity index (χ3v) is 7.21. The van der Waals surface area contributed by atoms with Crippen molar-refractivity contribution in [2.24, 2.45) is 0 Å². The van der Waals surface area contributed by atoms with Crippen LogP contribution in [-0.4, -0.2) is 20.6 Å². The third kappa shape index (κ3) is 4.86. The molecule has 0 fully saturated rings. The molecule has 1 amide bonds. The minimum atomic E-state index is -3.49. The molecule has 0 bridgehead atoms. The number of anilines is 1. The highest BCUT2D eigenvalue weighted by Crippen LogP contribution is 2.30. The van der Waals surface area contributed by atoms with Crippen molar-refractivity contribution in [1.82, 2.24) is 5.32 Å². The van der Waals surface area contributed by atoms with E-state index in [1.807, 2.05) is 43.3 Å². The molecular weight excluding hydrogens is 420 g/mol. The molecule has 0 unspecified atom stereocenters. The molecule has 0 saturated carbocycles. The van der Waals surface area contributed by atoms with Gasteiger partial charge in [0.1, 0.15) is 0 Å². The first-order valence-corrected chi connectivity index (χ1v) is 12.7. The zero-order valence-electron chi connectivity index (χ0n) is 18.4. The summed E-state index contributed by atoms with van der Waals surface area (Å²) in [6, 6.07) is 22.7. The molecule has 0 spiro atoms. The number of benzene rings is 3. The fourth-order valence-electron chi connectivity index (χ4n) is 4.27. The minimum absolute atomic E-state index is 0.000649. The van der Waals surface area contributed by atoms with Gasteiger partial charge in [-0.1, -0.05) is 48.5 Å². The first-order chi connectivity index (χ1) is 15.3. The van der Waals surface area contributed by atoms with Crippen LogP contribution >= 0.6 is 0 Å². The SMILES string of the molecule is Cc1ccccc1CN(c1ccc(C(=O)N[C@H]2CCCc3ccccc32)cc1)S(C)(=O)=O. The number of hydrogen-bond acceptors (Lipinski definition) is 3. The molecule has 0 heterocycles. The Kier molecular flexibility index (Phi) is 6.33. The van der Waals surface area contributed by atoms with E-state index in [9.17, 15) is 13.2 Å². The Labute approximate surface area is 190 Å². The number of carbonyl (C=O) groups is 1. The lowest BCUT2D eigenvalue weighted by molar-refractivity contribution is 0.0932. The Morgan fingerprint density at radius 2 is 1.69 bits per heavy atom. The number of nitrogens with one attached hydrogen (secondary N) is 1.